The fraction of sp³-hybridized carbons (Fsp3) is 0.875. The maximum absolute atomic E-state index is 12.4. The fourth-order valence-electron chi connectivity index (χ4n) is 5.93. The average Bonchev–Trinajstić information content (AvgIpc) is 2.89. The fourth-order valence-corrected chi connectivity index (χ4v) is 5.93. The lowest BCUT2D eigenvalue weighted by molar-refractivity contribution is -0.339. The van der Waals surface area contributed by atoms with Crippen molar-refractivity contribution in [2.24, 2.45) is 35.5 Å². The molecule has 0 radical (unpaired) electrons. The van der Waals surface area contributed by atoms with E-state index in [0.717, 1.165) is 25.7 Å². The smallest absolute Gasteiger partial charge is 0.449 e. The van der Waals surface area contributed by atoms with Gasteiger partial charge in [-0.1, -0.05) is 54.4 Å². The van der Waals surface area contributed by atoms with Gasteiger partial charge in [0.1, 0.15) is 23.4 Å². The van der Waals surface area contributed by atoms with Gasteiger partial charge in [-0.05, 0) is 102 Å². The number of carbonyl (C=O) groups is 4. The largest absolute Gasteiger partial charge is 0.454 e. The highest BCUT2D eigenvalue weighted by atomic mass is 17.2. The van der Waals surface area contributed by atoms with Gasteiger partial charge in [-0.15, -0.1) is 0 Å². The number of carbonyl (C=O) groups excluding carboxylic acids is 4. The third-order valence-electron chi connectivity index (χ3n) is 8.79. The molecule has 0 N–H and O–H groups in total. The van der Waals surface area contributed by atoms with E-state index in [2.05, 4.69) is 41.5 Å². The Balaban J connectivity index is 1.78. The van der Waals surface area contributed by atoms with Crippen LogP contribution in [0.25, 0.3) is 0 Å². The highest BCUT2D eigenvalue weighted by Crippen LogP contribution is 2.36. The highest BCUT2D eigenvalue weighted by molar-refractivity contribution is 6.29. The van der Waals surface area contributed by atoms with Crippen LogP contribution in [0, 0.1) is 35.5 Å². The van der Waals surface area contributed by atoms with Gasteiger partial charge in [-0.3, -0.25) is 9.78 Å². The minimum atomic E-state index is -1.21. The molecule has 0 aromatic rings. The van der Waals surface area contributed by atoms with Crippen molar-refractivity contribution in [2.75, 3.05) is 0 Å². The van der Waals surface area contributed by atoms with Crippen LogP contribution in [0.5, 0.6) is 0 Å². The third kappa shape index (κ3) is 11.5. The average molecular weight is 599 g/mol. The standard InChI is InChI=1S/C32H54O10/c1-19(2)23-13-11-21(5)17-25(23)37-27(33)29(35)39-41-31(7,8)15-16-32(9,10)42-40-30(36)28(34)38-26-18-22(6)12-14-24(26)20(3)4/h19-26H,11-18H2,1-10H3. The molecule has 6 unspecified atom stereocenters. The molecular weight excluding hydrogens is 544 g/mol. The molecular formula is C32H54O10. The SMILES string of the molecule is CC1CCC(C(C)C)C(OC(=O)C(=O)OOC(C)(C)CCC(C)(C)OOC(=O)C(=O)OC2CC(C)CCC2C(C)C)C1. The summed E-state index contributed by atoms with van der Waals surface area (Å²) in [7, 11) is 0. The van der Waals surface area contributed by atoms with Crippen LogP contribution in [0.2, 0.25) is 0 Å². The molecule has 0 aromatic heterocycles. The van der Waals surface area contributed by atoms with Crippen LogP contribution in [-0.2, 0) is 48.2 Å². The molecule has 42 heavy (non-hydrogen) atoms. The molecule has 0 saturated heterocycles. The van der Waals surface area contributed by atoms with E-state index in [1.54, 1.807) is 27.7 Å². The van der Waals surface area contributed by atoms with Gasteiger partial charge >= 0.3 is 23.9 Å². The summed E-state index contributed by atoms with van der Waals surface area (Å²) in [6.45, 7) is 19.3. The van der Waals surface area contributed by atoms with E-state index in [1.807, 2.05) is 0 Å². The first-order chi connectivity index (χ1) is 19.4. The minimum Gasteiger partial charge on any atom is -0.454 e. The Hall–Kier alpha value is -2.20. The summed E-state index contributed by atoms with van der Waals surface area (Å²) >= 11 is 0. The molecule has 0 amide bonds. The maximum Gasteiger partial charge on any atom is 0.449 e. The number of ether oxygens (including phenoxy) is 2. The molecule has 0 aromatic carbocycles. The molecule has 0 heterocycles. The maximum atomic E-state index is 12.4. The molecule has 2 aliphatic carbocycles. The summed E-state index contributed by atoms with van der Waals surface area (Å²) < 4.78 is 11.0. The van der Waals surface area contributed by atoms with Crippen LogP contribution in [0.15, 0.2) is 0 Å². The summed E-state index contributed by atoms with van der Waals surface area (Å²) in [6, 6.07) is 0. The van der Waals surface area contributed by atoms with E-state index in [1.165, 1.54) is 0 Å². The number of hydrogen-bond donors (Lipinski definition) is 0. The molecule has 6 atom stereocenters. The first-order valence-corrected chi connectivity index (χ1v) is 15.6. The second kappa shape index (κ2) is 15.5. The van der Waals surface area contributed by atoms with Gasteiger partial charge in [-0.2, -0.15) is 9.78 Å². The molecule has 2 saturated carbocycles. The van der Waals surface area contributed by atoms with Crippen molar-refractivity contribution >= 4 is 23.9 Å². The van der Waals surface area contributed by atoms with Gasteiger partial charge in [0.15, 0.2) is 0 Å². The lowest BCUT2D eigenvalue weighted by Crippen LogP contribution is -2.39. The predicted molar refractivity (Wildman–Crippen MR) is 154 cm³/mol. The quantitative estimate of drug-likeness (QED) is 0.116. The Labute approximate surface area is 251 Å². The van der Waals surface area contributed by atoms with Crippen molar-refractivity contribution in [3.63, 3.8) is 0 Å². The molecule has 0 spiro atoms. The molecule has 10 nitrogen and oxygen atoms in total. The van der Waals surface area contributed by atoms with Crippen LogP contribution in [-0.4, -0.2) is 47.3 Å². The molecule has 0 aliphatic heterocycles. The first kappa shape index (κ1) is 36.0. The van der Waals surface area contributed by atoms with Crippen LogP contribution in [0.3, 0.4) is 0 Å². The number of rotatable bonds is 11. The summed E-state index contributed by atoms with van der Waals surface area (Å²) in [5.41, 5.74) is -1.99. The summed E-state index contributed by atoms with van der Waals surface area (Å²) in [4.78, 5) is 69.8. The third-order valence-corrected chi connectivity index (χ3v) is 8.79. The van der Waals surface area contributed by atoms with E-state index in [9.17, 15) is 19.2 Å². The minimum absolute atomic E-state index is 0.196. The van der Waals surface area contributed by atoms with Crippen molar-refractivity contribution in [1.82, 2.24) is 0 Å². The van der Waals surface area contributed by atoms with Gasteiger partial charge in [0, 0.05) is 0 Å². The van der Waals surface area contributed by atoms with Crippen LogP contribution in [0.4, 0.5) is 0 Å². The lowest BCUT2D eigenvalue weighted by Gasteiger charge is -2.36. The lowest BCUT2D eigenvalue weighted by atomic mass is 9.75. The van der Waals surface area contributed by atoms with Gasteiger partial charge < -0.3 is 9.47 Å². The van der Waals surface area contributed by atoms with Crippen molar-refractivity contribution in [3.8, 4) is 0 Å². The molecule has 0 bridgehead atoms. The van der Waals surface area contributed by atoms with Crippen molar-refractivity contribution in [1.29, 1.82) is 0 Å². The predicted octanol–water partition coefficient (Wildman–Crippen LogP) is 6.28. The molecule has 10 heteroatoms. The summed E-state index contributed by atoms with van der Waals surface area (Å²) in [5.74, 6) is -2.68. The van der Waals surface area contributed by atoms with E-state index in [0.29, 0.717) is 49.4 Å². The number of esters is 2. The van der Waals surface area contributed by atoms with Gasteiger partial charge in [-0.25, -0.2) is 19.2 Å². The Morgan fingerprint density at radius 2 is 0.929 bits per heavy atom. The number of hydrogen-bond acceptors (Lipinski definition) is 10. The zero-order chi connectivity index (χ0) is 31.8. The molecule has 2 rings (SSSR count). The molecule has 2 fully saturated rings. The first-order valence-electron chi connectivity index (χ1n) is 15.6. The molecule has 2 aliphatic rings. The van der Waals surface area contributed by atoms with Gasteiger partial charge in [0.25, 0.3) is 0 Å². The van der Waals surface area contributed by atoms with Crippen molar-refractivity contribution < 1.29 is 48.2 Å². The van der Waals surface area contributed by atoms with Gasteiger partial charge in [0.05, 0.1) is 0 Å². The second-order valence-corrected chi connectivity index (χ2v) is 14.5. The van der Waals surface area contributed by atoms with E-state index >= 15 is 0 Å². The zero-order valence-electron chi connectivity index (χ0n) is 27.4. The van der Waals surface area contributed by atoms with Crippen molar-refractivity contribution in [3.05, 3.63) is 0 Å². The van der Waals surface area contributed by atoms with Crippen LogP contribution in [0.1, 0.15) is 121 Å². The highest BCUT2D eigenvalue weighted by Gasteiger charge is 2.38. The van der Waals surface area contributed by atoms with Crippen LogP contribution >= 0.6 is 0 Å². The van der Waals surface area contributed by atoms with Gasteiger partial charge in [0.2, 0.25) is 0 Å². The van der Waals surface area contributed by atoms with E-state index in [-0.39, 0.29) is 24.0 Å². The van der Waals surface area contributed by atoms with Crippen molar-refractivity contribution in [2.45, 2.75) is 144 Å². The van der Waals surface area contributed by atoms with E-state index in [4.69, 9.17) is 29.0 Å². The monoisotopic (exact) mass is 598 g/mol. The Morgan fingerprint density at radius 3 is 1.24 bits per heavy atom. The van der Waals surface area contributed by atoms with E-state index < -0.39 is 35.1 Å². The zero-order valence-corrected chi connectivity index (χ0v) is 27.4. The molecule has 242 valence electrons. The normalized spacial score (nSPS) is 27.0. The topological polar surface area (TPSA) is 124 Å². The summed E-state index contributed by atoms with van der Waals surface area (Å²) in [6.07, 6.45) is 5.40. The Kier molecular flexibility index (Phi) is 13.3. The summed E-state index contributed by atoms with van der Waals surface area (Å²) in [5, 5.41) is 0. The Bertz CT molecular complexity index is 850. The Morgan fingerprint density at radius 1 is 0.595 bits per heavy atom. The second-order valence-electron chi connectivity index (χ2n) is 14.5. The van der Waals surface area contributed by atoms with Crippen LogP contribution < -0.4 is 0 Å².